The Balaban J connectivity index is 1.63. The summed E-state index contributed by atoms with van der Waals surface area (Å²) in [7, 11) is -1.47. The number of carbonyl (C=O) groups is 1. The van der Waals surface area contributed by atoms with Crippen molar-refractivity contribution in [2.24, 2.45) is 5.16 Å². The first-order valence-corrected chi connectivity index (χ1v) is 14.9. The molecule has 1 aromatic heterocycles. The van der Waals surface area contributed by atoms with E-state index in [1.165, 1.54) is 38.6 Å². The van der Waals surface area contributed by atoms with Gasteiger partial charge in [-0.1, -0.05) is 89.1 Å². The van der Waals surface area contributed by atoms with E-state index in [0.29, 0.717) is 16.7 Å². The van der Waals surface area contributed by atoms with Crippen molar-refractivity contribution in [2.75, 3.05) is 14.2 Å². The highest BCUT2D eigenvalue weighted by Gasteiger charge is 2.31. The molecule has 0 saturated heterocycles. The molecule has 0 aliphatic rings. The predicted octanol–water partition coefficient (Wildman–Crippen LogP) is 4.90. The SMILES string of the molecule is CNC(=O)/C(=N\OC)c1ccccc1COc1ncc(C(OS(=O)(=O)c2ccc(C)cc2)C(O)c2ccccc2)cc1Cl. The zero-order chi connectivity index (χ0) is 31.0. The maximum absolute atomic E-state index is 13.2. The summed E-state index contributed by atoms with van der Waals surface area (Å²) in [6.07, 6.45) is -1.42. The number of aryl methyl sites for hydroxylation is 1. The standard InChI is InChI=1S/C31H30ClN3O7S/c1-20-13-15-24(16-14-20)43(38,39)42-29(28(36)21-9-5-4-6-10-21)23-17-26(32)31(34-18-23)41-19-22-11-7-8-12-25(22)27(35-40-3)30(37)33-2/h4-18,28-29,36H,19H2,1-3H3,(H,33,37)/b35-27-. The van der Waals surface area contributed by atoms with E-state index in [1.54, 1.807) is 66.7 Å². The molecule has 224 valence electrons. The van der Waals surface area contributed by atoms with Gasteiger partial charge >= 0.3 is 0 Å². The van der Waals surface area contributed by atoms with Gasteiger partial charge in [0.25, 0.3) is 16.0 Å². The number of hydrogen-bond donors (Lipinski definition) is 2. The molecule has 4 rings (SSSR count). The number of amides is 1. The third kappa shape index (κ3) is 7.76. The summed E-state index contributed by atoms with van der Waals surface area (Å²) in [6, 6.07) is 23.1. The van der Waals surface area contributed by atoms with Crippen LogP contribution in [0.4, 0.5) is 0 Å². The topological polar surface area (TPSA) is 136 Å². The highest BCUT2D eigenvalue weighted by atomic mass is 35.5. The molecule has 0 saturated carbocycles. The second-order valence-corrected chi connectivity index (χ2v) is 11.3. The normalized spacial score (nSPS) is 13.2. The smallest absolute Gasteiger partial charge is 0.297 e. The van der Waals surface area contributed by atoms with Gasteiger partial charge in [0.15, 0.2) is 5.71 Å². The first-order chi connectivity index (χ1) is 20.6. The number of carbonyl (C=O) groups excluding carboxylic acids is 1. The Morgan fingerprint density at radius 1 is 1.02 bits per heavy atom. The number of nitrogens with zero attached hydrogens (tertiary/aromatic N) is 2. The van der Waals surface area contributed by atoms with Crippen LogP contribution < -0.4 is 10.1 Å². The minimum Gasteiger partial charge on any atom is -0.472 e. The number of aliphatic hydroxyl groups excluding tert-OH is 1. The molecule has 0 radical (unpaired) electrons. The number of oxime groups is 1. The molecule has 4 aromatic rings. The Kier molecular flexibility index (Phi) is 10.5. The molecule has 2 N–H and O–H groups in total. The Morgan fingerprint density at radius 3 is 2.35 bits per heavy atom. The van der Waals surface area contributed by atoms with Gasteiger partial charge in [0.05, 0.1) is 4.90 Å². The number of benzene rings is 3. The number of ether oxygens (including phenoxy) is 1. The van der Waals surface area contributed by atoms with Crippen molar-refractivity contribution in [3.8, 4) is 5.88 Å². The maximum Gasteiger partial charge on any atom is 0.297 e. The maximum atomic E-state index is 13.2. The number of nitrogens with one attached hydrogen (secondary N) is 1. The summed E-state index contributed by atoms with van der Waals surface area (Å²) in [6.45, 7) is 1.81. The zero-order valence-corrected chi connectivity index (χ0v) is 25.2. The molecule has 10 nitrogen and oxygen atoms in total. The van der Waals surface area contributed by atoms with Crippen LogP contribution in [0.5, 0.6) is 5.88 Å². The van der Waals surface area contributed by atoms with E-state index < -0.39 is 28.2 Å². The molecule has 12 heteroatoms. The van der Waals surface area contributed by atoms with Crippen molar-refractivity contribution in [1.29, 1.82) is 0 Å². The lowest BCUT2D eigenvalue weighted by molar-refractivity contribution is -0.114. The number of pyridine rings is 1. The minimum atomic E-state index is -4.29. The predicted molar refractivity (Wildman–Crippen MR) is 161 cm³/mol. The van der Waals surface area contributed by atoms with Crippen molar-refractivity contribution in [3.63, 3.8) is 0 Å². The molecule has 0 aliphatic carbocycles. The van der Waals surface area contributed by atoms with E-state index >= 15 is 0 Å². The molecule has 43 heavy (non-hydrogen) atoms. The van der Waals surface area contributed by atoms with E-state index in [9.17, 15) is 18.3 Å². The molecular formula is C31H30ClN3O7S. The molecule has 0 aliphatic heterocycles. The van der Waals surface area contributed by atoms with Crippen LogP contribution in [-0.4, -0.2) is 44.3 Å². The van der Waals surface area contributed by atoms with Gasteiger partial charge in [-0.3, -0.25) is 8.98 Å². The number of halogens is 1. The molecule has 2 atom stereocenters. The second kappa shape index (κ2) is 14.3. The summed E-state index contributed by atoms with van der Waals surface area (Å²) < 4.78 is 37.9. The van der Waals surface area contributed by atoms with Crippen molar-refractivity contribution >= 4 is 33.3 Å². The van der Waals surface area contributed by atoms with Crippen LogP contribution in [0.15, 0.2) is 101 Å². The summed E-state index contributed by atoms with van der Waals surface area (Å²) in [5, 5.41) is 17.7. The lowest BCUT2D eigenvalue weighted by Gasteiger charge is -2.24. The molecule has 1 heterocycles. The van der Waals surface area contributed by atoms with E-state index in [1.807, 2.05) is 6.92 Å². The Hall–Kier alpha value is -4.29. The van der Waals surface area contributed by atoms with Crippen molar-refractivity contribution in [2.45, 2.75) is 30.6 Å². The van der Waals surface area contributed by atoms with Gasteiger partial charge in [0, 0.05) is 24.4 Å². The summed E-state index contributed by atoms with van der Waals surface area (Å²) in [5.74, 6) is -0.404. The highest BCUT2D eigenvalue weighted by molar-refractivity contribution is 7.86. The van der Waals surface area contributed by atoms with E-state index in [2.05, 4.69) is 15.5 Å². The fourth-order valence-corrected chi connectivity index (χ4v) is 5.46. The first kappa shape index (κ1) is 31.6. The lowest BCUT2D eigenvalue weighted by atomic mass is 10.00. The number of hydrogen-bond acceptors (Lipinski definition) is 9. The molecule has 0 spiro atoms. The second-order valence-electron chi connectivity index (χ2n) is 9.34. The average molecular weight is 624 g/mol. The van der Waals surface area contributed by atoms with Crippen LogP contribution in [0.3, 0.4) is 0 Å². The largest absolute Gasteiger partial charge is 0.472 e. The molecule has 0 fully saturated rings. The fourth-order valence-electron chi connectivity index (χ4n) is 4.16. The number of likely N-dealkylation sites (N-methyl/N-ethyl adjacent to an activating group) is 1. The molecular weight excluding hydrogens is 594 g/mol. The van der Waals surface area contributed by atoms with E-state index in [0.717, 1.165) is 5.56 Å². The number of aliphatic hydroxyl groups is 1. The van der Waals surface area contributed by atoms with Crippen LogP contribution in [0.1, 0.15) is 40.0 Å². The summed E-state index contributed by atoms with van der Waals surface area (Å²) in [5.41, 5.74) is 2.67. The van der Waals surface area contributed by atoms with Gasteiger partial charge < -0.3 is 20.0 Å². The quantitative estimate of drug-likeness (QED) is 0.129. The third-order valence-corrected chi connectivity index (χ3v) is 7.97. The zero-order valence-electron chi connectivity index (χ0n) is 23.6. The average Bonchev–Trinajstić information content (AvgIpc) is 3.02. The Morgan fingerprint density at radius 2 is 1.70 bits per heavy atom. The first-order valence-electron chi connectivity index (χ1n) is 13.1. The van der Waals surface area contributed by atoms with Gasteiger partial charge in [-0.15, -0.1) is 0 Å². The monoisotopic (exact) mass is 623 g/mol. The van der Waals surface area contributed by atoms with Gasteiger partial charge in [0.2, 0.25) is 5.88 Å². The summed E-state index contributed by atoms with van der Waals surface area (Å²) in [4.78, 5) is 21.5. The Bertz CT molecular complexity index is 1700. The van der Waals surface area contributed by atoms with Gasteiger partial charge in [-0.25, -0.2) is 4.98 Å². The minimum absolute atomic E-state index is 0.0314. The molecule has 2 unspecified atom stereocenters. The Labute approximate surface area is 255 Å². The van der Waals surface area contributed by atoms with Gasteiger partial charge in [-0.05, 0) is 36.2 Å². The van der Waals surface area contributed by atoms with Gasteiger partial charge in [-0.2, -0.15) is 8.42 Å². The molecule has 1 amide bonds. The summed E-state index contributed by atoms with van der Waals surface area (Å²) >= 11 is 6.54. The van der Waals surface area contributed by atoms with E-state index in [4.69, 9.17) is 25.4 Å². The highest BCUT2D eigenvalue weighted by Crippen LogP contribution is 2.37. The third-order valence-electron chi connectivity index (χ3n) is 6.39. The number of rotatable bonds is 12. The molecule has 0 bridgehead atoms. The van der Waals surface area contributed by atoms with Crippen LogP contribution in [0.25, 0.3) is 0 Å². The number of aromatic nitrogens is 1. The van der Waals surface area contributed by atoms with Crippen LogP contribution in [-0.2, 0) is 30.5 Å². The fraction of sp³-hybridized carbons (Fsp3) is 0.194. The molecule has 3 aromatic carbocycles. The van der Waals surface area contributed by atoms with Gasteiger partial charge in [0.1, 0.15) is 30.9 Å². The van der Waals surface area contributed by atoms with Crippen molar-refractivity contribution in [3.05, 3.63) is 124 Å². The lowest BCUT2D eigenvalue weighted by Crippen LogP contribution is -2.29. The van der Waals surface area contributed by atoms with Crippen LogP contribution in [0, 0.1) is 6.92 Å². The van der Waals surface area contributed by atoms with Crippen LogP contribution >= 0.6 is 11.6 Å². The van der Waals surface area contributed by atoms with Crippen molar-refractivity contribution < 1.29 is 32.1 Å². The van der Waals surface area contributed by atoms with Crippen molar-refractivity contribution in [1.82, 2.24) is 10.3 Å². The van der Waals surface area contributed by atoms with E-state index in [-0.39, 0.29) is 33.7 Å². The van der Waals surface area contributed by atoms with Crippen LogP contribution in [0.2, 0.25) is 5.02 Å².